The van der Waals surface area contributed by atoms with Crippen LogP contribution in [0.1, 0.15) is 30.6 Å². The SMILES string of the molecule is CCN(CC)C(=O)CSc1nc2cc(C(=O)OC)ccc2c(=O)n1CCCOC. The highest BCUT2D eigenvalue weighted by molar-refractivity contribution is 7.99. The van der Waals surface area contributed by atoms with Crippen LogP contribution < -0.4 is 5.56 Å². The van der Waals surface area contributed by atoms with Crippen LogP contribution in [0.4, 0.5) is 0 Å². The largest absolute Gasteiger partial charge is 0.465 e. The van der Waals surface area contributed by atoms with Crippen LogP contribution in [0.5, 0.6) is 0 Å². The van der Waals surface area contributed by atoms with Crippen molar-refractivity contribution in [3.63, 3.8) is 0 Å². The van der Waals surface area contributed by atoms with Crippen molar-refractivity contribution in [2.24, 2.45) is 0 Å². The van der Waals surface area contributed by atoms with Crippen LogP contribution in [0.3, 0.4) is 0 Å². The molecule has 1 heterocycles. The molecule has 2 rings (SSSR count). The van der Waals surface area contributed by atoms with Crippen LogP contribution in [0.15, 0.2) is 28.2 Å². The lowest BCUT2D eigenvalue weighted by atomic mass is 10.1. The summed E-state index contributed by atoms with van der Waals surface area (Å²) in [5.74, 6) is -0.328. The number of fused-ring (bicyclic) bond motifs is 1. The number of carbonyl (C=O) groups excluding carboxylic acids is 2. The van der Waals surface area contributed by atoms with E-state index in [2.05, 4.69) is 4.98 Å². The van der Waals surface area contributed by atoms with Gasteiger partial charge >= 0.3 is 5.97 Å². The second-order valence-corrected chi connectivity index (χ2v) is 7.22. The van der Waals surface area contributed by atoms with Crippen molar-refractivity contribution < 1.29 is 19.1 Å². The van der Waals surface area contributed by atoms with Crippen molar-refractivity contribution >= 4 is 34.5 Å². The van der Waals surface area contributed by atoms with E-state index in [1.54, 1.807) is 34.8 Å². The van der Waals surface area contributed by atoms with Gasteiger partial charge < -0.3 is 14.4 Å². The van der Waals surface area contributed by atoms with Crippen molar-refractivity contribution in [1.29, 1.82) is 0 Å². The van der Waals surface area contributed by atoms with Gasteiger partial charge in [0.15, 0.2) is 5.16 Å². The van der Waals surface area contributed by atoms with Gasteiger partial charge in [-0.1, -0.05) is 11.8 Å². The van der Waals surface area contributed by atoms with E-state index in [1.807, 2.05) is 13.8 Å². The van der Waals surface area contributed by atoms with Gasteiger partial charge in [0.1, 0.15) is 0 Å². The second-order valence-electron chi connectivity index (χ2n) is 6.28. The van der Waals surface area contributed by atoms with E-state index in [0.717, 1.165) is 0 Å². The third-order valence-electron chi connectivity index (χ3n) is 4.51. The van der Waals surface area contributed by atoms with E-state index in [4.69, 9.17) is 9.47 Å². The van der Waals surface area contributed by atoms with Crippen molar-refractivity contribution in [1.82, 2.24) is 14.5 Å². The number of hydrogen-bond donors (Lipinski definition) is 0. The van der Waals surface area contributed by atoms with Crippen LogP contribution in [0.2, 0.25) is 0 Å². The fourth-order valence-corrected chi connectivity index (χ4v) is 3.84. The normalized spacial score (nSPS) is 10.9. The highest BCUT2D eigenvalue weighted by Gasteiger charge is 2.17. The van der Waals surface area contributed by atoms with E-state index in [-0.39, 0.29) is 17.2 Å². The Kier molecular flexibility index (Phi) is 8.66. The molecule has 0 aliphatic heterocycles. The van der Waals surface area contributed by atoms with Gasteiger partial charge in [0.05, 0.1) is 29.3 Å². The Morgan fingerprint density at radius 1 is 1.21 bits per heavy atom. The Morgan fingerprint density at radius 3 is 2.55 bits per heavy atom. The summed E-state index contributed by atoms with van der Waals surface area (Å²) >= 11 is 1.22. The lowest BCUT2D eigenvalue weighted by Crippen LogP contribution is -2.32. The van der Waals surface area contributed by atoms with Crippen LogP contribution in [-0.2, 0) is 20.8 Å². The Morgan fingerprint density at radius 2 is 1.93 bits per heavy atom. The van der Waals surface area contributed by atoms with Crippen LogP contribution in [-0.4, -0.2) is 66.0 Å². The molecule has 29 heavy (non-hydrogen) atoms. The highest BCUT2D eigenvalue weighted by atomic mass is 32.2. The maximum absolute atomic E-state index is 13.0. The molecule has 0 fully saturated rings. The molecule has 0 atom stereocenters. The van der Waals surface area contributed by atoms with E-state index < -0.39 is 5.97 Å². The first-order valence-electron chi connectivity index (χ1n) is 9.49. The number of ether oxygens (including phenoxy) is 2. The Labute approximate surface area is 174 Å². The molecule has 0 saturated heterocycles. The predicted molar refractivity (Wildman–Crippen MR) is 112 cm³/mol. The quantitative estimate of drug-likeness (QED) is 0.251. The topological polar surface area (TPSA) is 90.7 Å². The summed E-state index contributed by atoms with van der Waals surface area (Å²) in [4.78, 5) is 43.6. The van der Waals surface area contributed by atoms with Crippen LogP contribution in [0.25, 0.3) is 10.9 Å². The fraction of sp³-hybridized carbons (Fsp3) is 0.500. The molecular weight excluding hydrogens is 394 g/mol. The molecule has 158 valence electrons. The Balaban J connectivity index is 2.44. The minimum atomic E-state index is -0.496. The molecule has 0 N–H and O–H groups in total. The van der Waals surface area contributed by atoms with Gasteiger partial charge in [0, 0.05) is 33.4 Å². The van der Waals surface area contributed by atoms with Gasteiger partial charge in [-0.25, -0.2) is 9.78 Å². The van der Waals surface area contributed by atoms with Gasteiger partial charge in [0.25, 0.3) is 5.56 Å². The standard InChI is InChI=1S/C20H27N3O5S/c1-5-22(6-2)17(24)13-29-20-21-16-12-14(19(26)28-4)8-9-15(16)18(25)23(20)10-7-11-27-3/h8-9,12H,5-7,10-11,13H2,1-4H3. The van der Waals surface area contributed by atoms with Crippen molar-refractivity contribution in [3.8, 4) is 0 Å². The predicted octanol–water partition coefficient (Wildman–Crippen LogP) is 2.18. The van der Waals surface area contributed by atoms with Gasteiger partial charge in [0.2, 0.25) is 5.91 Å². The average molecular weight is 422 g/mol. The maximum Gasteiger partial charge on any atom is 0.337 e. The molecule has 0 unspecified atom stereocenters. The van der Waals surface area contributed by atoms with Gasteiger partial charge in [-0.15, -0.1) is 0 Å². The fourth-order valence-electron chi connectivity index (χ4n) is 2.91. The first-order chi connectivity index (χ1) is 14.0. The number of benzene rings is 1. The number of amides is 1. The molecule has 1 aromatic heterocycles. The monoisotopic (exact) mass is 421 g/mol. The van der Waals surface area contributed by atoms with Gasteiger partial charge in [-0.3, -0.25) is 14.2 Å². The molecule has 0 saturated carbocycles. The maximum atomic E-state index is 13.0. The molecule has 2 aromatic rings. The number of rotatable bonds is 10. The van der Waals surface area contributed by atoms with Crippen LogP contribution in [0, 0.1) is 0 Å². The second kappa shape index (κ2) is 11.0. The molecule has 0 spiro atoms. The third kappa shape index (κ3) is 5.57. The molecule has 9 heteroatoms. The lowest BCUT2D eigenvalue weighted by molar-refractivity contribution is -0.127. The van der Waals surface area contributed by atoms with E-state index in [9.17, 15) is 14.4 Å². The third-order valence-corrected chi connectivity index (χ3v) is 5.47. The number of aromatic nitrogens is 2. The molecule has 1 aromatic carbocycles. The first kappa shape index (κ1) is 22.9. The number of nitrogens with zero attached hydrogens (tertiary/aromatic N) is 3. The Hall–Kier alpha value is -2.39. The zero-order chi connectivity index (χ0) is 21.4. The molecule has 0 radical (unpaired) electrons. The molecule has 8 nitrogen and oxygen atoms in total. The van der Waals surface area contributed by atoms with Gasteiger partial charge in [-0.05, 0) is 38.5 Å². The molecule has 0 aliphatic rings. The first-order valence-corrected chi connectivity index (χ1v) is 10.5. The van der Waals surface area contributed by atoms with E-state index >= 15 is 0 Å². The Bertz CT molecular complexity index is 924. The summed E-state index contributed by atoms with van der Waals surface area (Å²) in [7, 11) is 2.90. The molecular formula is C20H27N3O5S. The van der Waals surface area contributed by atoms with E-state index in [1.165, 1.54) is 18.9 Å². The number of carbonyl (C=O) groups is 2. The summed E-state index contributed by atoms with van der Waals surface area (Å²) in [6.45, 7) is 6.05. The molecule has 0 bridgehead atoms. The lowest BCUT2D eigenvalue weighted by Gasteiger charge is -2.19. The van der Waals surface area contributed by atoms with Gasteiger partial charge in [-0.2, -0.15) is 0 Å². The summed E-state index contributed by atoms with van der Waals surface area (Å²) in [6, 6.07) is 4.67. The zero-order valence-corrected chi connectivity index (χ0v) is 18.1. The summed E-state index contributed by atoms with van der Waals surface area (Å²) in [5, 5.41) is 0.857. The smallest absolute Gasteiger partial charge is 0.337 e. The molecule has 1 amide bonds. The minimum Gasteiger partial charge on any atom is -0.465 e. The van der Waals surface area contributed by atoms with Crippen molar-refractivity contribution in [2.75, 3.05) is 39.7 Å². The summed E-state index contributed by atoms with van der Waals surface area (Å²) in [6.07, 6.45) is 0.640. The highest BCUT2D eigenvalue weighted by Crippen LogP contribution is 2.20. The molecule has 0 aliphatic carbocycles. The summed E-state index contributed by atoms with van der Waals surface area (Å²) < 4.78 is 11.4. The zero-order valence-electron chi connectivity index (χ0n) is 17.3. The van der Waals surface area contributed by atoms with E-state index in [0.29, 0.717) is 54.3 Å². The number of thioether (sulfide) groups is 1. The number of esters is 1. The number of methoxy groups -OCH3 is 2. The number of hydrogen-bond acceptors (Lipinski definition) is 7. The summed E-state index contributed by atoms with van der Waals surface area (Å²) in [5.41, 5.74) is 0.512. The minimum absolute atomic E-state index is 0.0129. The van der Waals surface area contributed by atoms with Crippen molar-refractivity contribution in [2.45, 2.75) is 32.0 Å². The van der Waals surface area contributed by atoms with Crippen LogP contribution >= 0.6 is 11.8 Å². The average Bonchev–Trinajstić information content (AvgIpc) is 2.74. The van der Waals surface area contributed by atoms with Crippen molar-refractivity contribution in [3.05, 3.63) is 34.1 Å².